The topological polar surface area (TPSA) is 60.2 Å². The lowest BCUT2D eigenvalue weighted by atomic mass is 9.79. The molecule has 5 heteroatoms. The fourth-order valence-corrected chi connectivity index (χ4v) is 8.45. The van der Waals surface area contributed by atoms with Crippen LogP contribution < -0.4 is 5.73 Å². The van der Waals surface area contributed by atoms with Gasteiger partial charge in [-0.1, -0.05) is 79.4 Å². The van der Waals surface area contributed by atoms with Gasteiger partial charge in [-0.05, 0) is 123 Å². The lowest BCUT2D eigenvalue weighted by molar-refractivity contribution is -0.116. The molecule has 0 saturated heterocycles. The smallest absolute Gasteiger partial charge is 0.163 e. The molecule has 2 fully saturated rings. The highest BCUT2D eigenvalue weighted by Gasteiger charge is 2.33. The molecule has 2 N–H and O–H groups in total. The number of Topliss-reactive ketones (excluding diaryl/α,β-unsaturated/α-hetero) is 1. The quantitative estimate of drug-likeness (QED) is 0.155. The van der Waals surface area contributed by atoms with Crippen LogP contribution in [0.4, 0.5) is 5.69 Å². The summed E-state index contributed by atoms with van der Waals surface area (Å²) in [6.07, 6.45) is 17.1. The number of hydrogen-bond acceptors (Lipinski definition) is 3. The van der Waals surface area contributed by atoms with Crippen LogP contribution in [-0.2, 0) is 22.4 Å². The molecular formula is C38H45Cl2NO2. The van der Waals surface area contributed by atoms with Crippen molar-refractivity contribution in [2.45, 2.75) is 97.3 Å². The number of aryl methyl sites for hydroxylation is 1. The molecule has 2 unspecified atom stereocenters. The predicted molar refractivity (Wildman–Crippen MR) is 180 cm³/mol. The molecule has 0 radical (unpaired) electrons. The Balaban J connectivity index is 1.34. The van der Waals surface area contributed by atoms with Gasteiger partial charge in [-0.3, -0.25) is 9.59 Å². The maximum absolute atomic E-state index is 13.8. The molecule has 3 aliphatic carbocycles. The zero-order valence-electron chi connectivity index (χ0n) is 25.7. The van der Waals surface area contributed by atoms with Crippen molar-refractivity contribution in [2.24, 2.45) is 17.8 Å². The minimum absolute atomic E-state index is 0.288. The molecule has 228 valence electrons. The van der Waals surface area contributed by atoms with Crippen molar-refractivity contribution in [3.8, 4) is 0 Å². The molecule has 0 amide bonds. The number of nitrogens with two attached hydrogens (primary N) is 1. The maximum Gasteiger partial charge on any atom is 0.163 e. The second-order valence-corrected chi connectivity index (χ2v) is 13.9. The molecule has 43 heavy (non-hydrogen) atoms. The molecule has 2 aromatic rings. The van der Waals surface area contributed by atoms with Crippen molar-refractivity contribution in [1.82, 2.24) is 0 Å². The third kappa shape index (κ3) is 7.55. The van der Waals surface area contributed by atoms with Gasteiger partial charge in [-0.25, -0.2) is 0 Å². The zero-order valence-corrected chi connectivity index (χ0v) is 27.2. The highest BCUT2D eigenvalue weighted by atomic mass is 35.5. The Labute approximate surface area is 267 Å². The van der Waals surface area contributed by atoms with Crippen molar-refractivity contribution in [2.75, 3.05) is 5.73 Å². The third-order valence-electron chi connectivity index (χ3n) is 10.3. The summed E-state index contributed by atoms with van der Waals surface area (Å²) in [6, 6.07) is 11.4. The first kappa shape index (κ1) is 31.8. The van der Waals surface area contributed by atoms with Gasteiger partial charge < -0.3 is 5.73 Å². The van der Waals surface area contributed by atoms with Crippen LogP contribution in [0.25, 0.3) is 5.57 Å². The van der Waals surface area contributed by atoms with Gasteiger partial charge in [-0.15, -0.1) is 0 Å². The number of halogens is 2. The van der Waals surface area contributed by atoms with E-state index >= 15 is 0 Å². The van der Waals surface area contributed by atoms with Crippen molar-refractivity contribution in [1.29, 1.82) is 0 Å². The number of nitrogen functional groups attached to an aromatic ring is 1. The Morgan fingerprint density at radius 2 is 1.65 bits per heavy atom. The Morgan fingerprint density at radius 1 is 0.930 bits per heavy atom. The molecule has 2 aromatic carbocycles. The van der Waals surface area contributed by atoms with E-state index in [9.17, 15) is 9.59 Å². The number of carbonyl (C=O) groups is 2. The number of ketones is 1. The Bertz CT molecular complexity index is 1440. The van der Waals surface area contributed by atoms with Gasteiger partial charge in [-0.2, -0.15) is 0 Å². The van der Waals surface area contributed by atoms with E-state index in [1.54, 1.807) is 0 Å². The molecule has 2 saturated carbocycles. The largest absolute Gasteiger partial charge is 0.398 e. The van der Waals surface area contributed by atoms with Gasteiger partial charge in [0.1, 0.15) is 0 Å². The molecule has 0 heterocycles. The molecule has 3 nitrogen and oxygen atoms in total. The number of aldehydes is 1. The van der Waals surface area contributed by atoms with Crippen LogP contribution in [0.3, 0.4) is 0 Å². The summed E-state index contributed by atoms with van der Waals surface area (Å²) in [6.45, 7) is 4.16. The highest BCUT2D eigenvalue weighted by molar-refractivity contribution is 6.36. The van der Waals surface area contributed by atoms with E-state index < -0.39 is 0 Å². The average Bonchev–Trinajstić information content (AvgIpc) is 3.66. The van der Waals surface area contributed by atoms with Crippen LogP contribution in [0.5, 0.6) is 0 Å². The van der Waals surface area contributed by atoms with E-state index in [-0.39, 0.29) is 5.78 Å². The lowest BCUT2D eigenvalue weighted by Gasteiger charge is -2.25. The summed E-state index contributed by atoms with van der Waals surface area (Å²) in [5, 5.41) is 1.31. The summed E-state index contributed by atoms with van der Waals surface area (Å²) in [7, 11) is 0. The molecular weight excluding hydrogens is 573 g/mol. The Kier molecular flexibility index (Phi) is 10.7. The third-order valence-corrected chi connectivity index (χ3v) is 11.0. The Hall–Kier alpha value is -2.62. The fraction of sp³-hybridized carbons (Fsp3) is 0.474. The van der Waals surface area contributed by atoms with Gasteiger partial charge in [0.25, 0.3) is 0 Å². The SMILES string of the molecule is CC1=C(C(=O)CC2CCCC2CC2CCCC2)C(C)=C(C=C(C=O)c2cc(CCc3c(Cl)cccc3Cl)ccc2N)CC1. The number of carbonyl (C=O) groups excluding carboxylic acids is 2. The van der Waals surface area contributed by atoms with E-state index in [4.69, 9.17) is 28.9 Å². The van der Waals surface area contributed by atoms with E-state index in [1.165, 1.54) is 56.9 Å². The summed E-state index contributed by atoms with van der Waals surface area (Å²) in [4.78, 5) is 26.3. The second kappa shape index (κ2) is 14.4. The molecule has 2 atom stereocenters. The minimum Gasteiger partial charge on any atom is -0.398 e. The lowest BCUT2D eigenvalue weighted by Crippen LogP contribution is -2.19. The van der Waals surface area contributed by atoms with Crippen molar-refractivity contribution >= 4 is 46.5 Å². The molecule has 5 rings (SSSR count). The molecule has 0 aliphatic heterocycles. The molecule has 0 bridgehead atoms. The van der Waals surface area contributed by atoms with Gasteiger partial charge in [0, 0.05) is 38.9 Å². The monoisotopic (exact) mass is 617 g/mol. The first-order valence-electron chi connectivity index (χ1n) is 16.2. The first-order chi connectivity index (χ1) is 20.7. The fourth-order valence-electron chi connectivity index (χ4n) is 7.86. The molecule has 3 aliphatic rings. The first-order valence-corrected chi connectivity index (χ1v) is 16.9. The van der Waals surface area contributed by atoms with Crippen LogP contribution >= 0.6 is 23.2 Å². The summed E-state index contributed by atoms with van der Waals surface area (Å²) in [5.74, 6) is 2.37. The number of anilines is 1. The average molecular weight is 619 g/mol. The van der Waals surface area contributed by atoms with Gasteiger partial charge in [0.05, 0.1) is 0 Å². The number of benzene rings is 2. The standard InChI is InChI=1S/C38H45Cl2NO2/c1-24-13-16-28(25(2)38(24)37(43)22-30-10-5-9-29(30)19-26-7-3-4-8-26)21-31(23-42)33-20-27(15-18-36(33)41)14-17-32-34(39)11-6-12-35(32)40/h6,11-12,15,18,20-21,23,26,29-30H,3-5,7-10,13-14,16-17,19,22,41H2,1-2H3. The van der Waals surface area contributed by atoms with Crippen molar-refractivity contribution in [3.05, 3.63) is 91.5 Å². The van der Waals surface area contributed by atoms with E-state index in [1.807, 2.05) is 42.5 Å². The zero-order chi connectivity index (χ0) is 30.5. The van der Waals surface area contributed by atoms with Crippen LogP contribution in [0, 0.1) is 17.8 Å². The van der Waals surface area contributed by atoms with E-state index in [0.29, 0.717) is 52.4 Å². The van der Waals surface area contributed by atoms with E-state index in [2.05, 4.69) is 13.8 Å². The number of rotatable bonds is 11. The van der Waals surface area contributed by atoms with Gasteiger partial charge in [0.15, 0.2) is 12.1 Å². The summed E-state index contributed by atoms with van der Waals surface area (Å²) >= 11 is 12.8. The van der Waals surface area contributed by atoms with Gasteiger partial charge in [0.2, 0.25) is 0 Å². The molecule has 0 spiro atoms. The van der Waals surface area contributed by atoms with Crippen LogP contribution in [-0.4, -0.2) is 12.1 Å². The van der Waals surface area contributed by atoms with Gasteiger partial charge >= 0.3 is 0 Å². The Morgan fingerprint density at radius 3 is 2.37 bits per heavy atom. The van der Waals surface area contributed by atoms with E-state index in [0.717, 1.165) is 58.5 Å². The number of hydrogen-bond donors (Lipinski definition) is 1. The highest BCUT2D eigenvalue weighted by Crippen LogP contribution is 2.43. The minimum atomic E-state index is 0.288. The summed E-state index contributed by atoms with van der Waals surface area (Å²) < 4.78 is 0. The van der Waals surface area contributed by atoms with Crippen molar-refractivity contribution < 1.29 is 9.59 Å². The second-order valence-electron chi connectivity index (χ2n) is 13.1. The van der Waals surface area contributed by atoms with Crippen LogP contribution in [0.2, 0.25) is 10.0 Å². The number of allylic oxidation sites excluding steroid dienone is 6. The van der Waals surface area contributed by atoms with Crippen molar-refractivity contribution in [3.63, 3.8) is 0 Å². The predicted octanol–water partition coefficient (Wildman–Crippen LogP) is 10.3. The summed E-state index contributed by atoms with van der Waals surface area (Å²) in [5.41, 5.74) is 14.3. The molecule has 0 aromatic heterocycles. The maximum atomic E-state index is 13.8. The van der Waals surface area contributed by atoms with Crippen LogP contribution in [0.15, 0.2) is 64.8 Å². The van der Waals surface area contributed by atoms with Crippen LogP contribution in [0.1, 0.15) is 101 Å². The normalized spacial score (nSPS) is 21.6.